The average Bonchev–Trinajstić information content (AvgIpc) is 2.96. The first kappa shape index (κ1) is 16.4. The monoisotopic (exact) mass is 316 g/mol. The van der Waals surface area contributed by atoms with Crippen LogP contribution in [0.1, 0.15) is 12.8 Å². The number of halogens is 1. The first-order valence-corrected chi connectivity index (χ1v) is 8.46. The molecule has 0 saturated carbocycles. The molecule has 0 spiro atoms. The Balaban J connectivity index is 2.18. The fourth-order valence-corrected chi connectivity index (χ4v) is 3.89. The molecule has 0 bridgehead atoms. The van der Waals surface area contributed by atoms with E-state index in [0.29, 0.717) is 13.2 Å². The van der Waals surface area contributed by atoms with Gasteiger partial charge in [0.1, 0.15) is 5.82 Å². The maximum Gasteiger partial charge on any atom is 0.243 e. The van der Waals surface area contributed by atoms with Gasteiger partial charge >= 0.3 is 0 Å². The molecule has 1 saturated heterocycles. The van der Waals surface area contributed by atoms with Gasteiger partial charge in [-0.25, -0.2) is 12.8 Å². The lowest BCUT2D eigenvalue weighted by Crippen LogP contribution is -2.42. The number of nitrogens with zero attached hydrogens (tertiary/aromatic N) is 1. The van der Waals surface area contributed by atoms with Crippen LogP contribution in [-0.4, -0.2) is 52.1 Å². The van der Waals surface area contributed by atoms with Gasteiger partial charge in [-0.1, -0.05) is 0 Å². The third-order valence-electron chi connectivity index (χ3n) is 3.58. The minimum absolute atomic E-state index is 0.109. The van der Waals surface area contributed by atoms with Gasteiger partial charge < -0.3 is 10.1 Å². The van der Waals surface area contributed by atoms with Crippen LogP contribution in [0.5, 0.6) is 0 Å². The van der Waals surface area contributed by atoms with E-state index < -0.39 is 15.8 Å². The fourth-order valence-electron chi connectivity index (χ4n) is 2.42. The second-order valence-corrected chi connectivity index (χ2v) is 7.04. The van der Waals surface area contributed by atoms with Crippen molar-refractivity contribution in [2.45, 2.75) is 23.8 Å². The molecular formula is C14H21FN2O3S. The molecule has 1 aromatic carbocycles. The highest BCUT2D eigenvalue weighted by atomic mass is 32.2. The molecule has 1 fully saturated rings. The minimum Gasteiger partial charge on any atom is -0.383 e. The van der Waals surface area contributed by atoms with Gasteiger partial charge in [0.2, 0.25) is 10.0 Å². The Kier molecular flexibility index (Phi) is 5.69. The SMILES string of the molecule is COCCN(CC1CCCN1)S(=O)(=O)c1ccc(F)cc1. The predicted molar refractivity (Wildman–Crippen MR) is 78.1 cm³/mol. The second kappa shape index (κ2) is 7.31. The van der Waals surface area contributed by atoms with Crippen molar-refractivity contribution in [3.8, 4) is 0 Å². The standard InChI is InChI=1S/C14H21FN2O3S/c1-20-10-9-17(11-13-3-2-8-16-13)21(18,19)14-6-4-12(15)5-7-14/h4-7,13,16H,2-3,8-11H2,1H3. The number of nitrogens with one attached hydrogen (secondary N) is 1. The molecule has 1 aromatic rings. The number of hydrogen-bond donors (Lipinski definition) is 1. The van der Waals surface area contributed by atoms with Crippen molar-refractivity contribution >= 4 is 10.0 Å². The first-order valence-electron chi connectivity index (χ1n) is 7.02. The lowest BCUT2D eigenvalue weighted by atomic mass is 10.2. The smallest absolute Gasteiger partial charge is 0.243 e. The Labute approximate surface area is 125 Å². The van der Waals surface area contributed by atoms with Gasteiger partial charge in [-0.2, -0.15) is 4.31 Å². The van der Waals surface area contributed by atoms with Crippen molar-refractivity contribution in [3.05, 3.63) is 30.1 Å². The second-order valence-electron chi connectivity index (χ2n) is 5.10. The van der Waals surface area contributed by atoms with Gasteiger partial charge in [0.15, 0.2) is 0 Å². The van der Waals surface area contributed by atoms with E-state index in [9.17, 15) is 12.8 Å². The molecule has 1 atom stereocenters. The van der Waals surface area contributed by atoms with E-state index >= 15 is 0 Å². The van der Waals surface area contributed by atoms with Crippen LogP contribution in [0.15, 0.2) is 29.2 Å². The summed E-state index contributed by atoms with van der Waals surface area (Å²) in [5.41, 5.74) is 0. The minimum atomic E-state index is -3.63. The van der Waals surface area contributed by atoms with Crippen molar-refractivity contribution in [2.75, 3.05) is 33.4 Å². The van der Waals surface area contributed by atoms with Crippen molar-refractivity contribution < 1.29 is 17.5 Å². The van der Waals surface area contributed by atoms with Crippen LogP contribution in [0.3, 0.4) is 0 Å². The van der Waals surface area contributed by atoms with Crippen LogP contribution in [-0.2, 0) is 14.8 Å². The van der Waals surface area contributed by atoms with Crippen molar-refractivity contribution in [3.63, 3.8) is 0 Å². The summed E-state index contributed by atoms with van der Waals surface area (Å²) in [7, 11) is -2.09. The third-order valence-corrected chi connectivity index (χ3v) is 5.46. The average molecular weight is 316 g/mol. The Morgan fingerprint density at radius 1 is 1.38 bits per heavy atom. The van der Waals surface area contributed by atoms with Crippen LogP contribution < -0.4 is 5.32 Å². The Morgan fingerprint density at radius 3 is 2.67 bits per heavy atom. The molecule has 118 valence electrons. The van der Waals surface area contributed by atoms with E-state index in [1.807, 2.05) is 0 Å². The van der Waals surface area contributed by atoms with Crippen molar-refractivity contribution in [1.82, 2.24) is 9.62 Å². The van der Waals surface area contributed by atoms with Crippen LogP contribution in [0.2, 0.25) is 0 Å². The van der Waals surface area contributed by atoms with Crippen LogP contribution in [0.25, 0.3) is 0 Å². The van der Waals surface area contributed by atoms with Gasteiger partial charge in [-0.05, 0) is 43.7 Å². The molecule has 1 aliphatic rings. The molecule has 0 aromatic heterocycles. The number of ether oxygens (including phenoxy) is 1. The topological polar surface area (TPSA) is 58.6 Å². The van der Waals surface area contributed by atoms with Gasteiger partial charge in [0.05, 0.1) is 11.5 Å². The maximum atomic E-state index is 13.0. The summed E-state index contributed by atoms with van der Waals surface area (Å²) in [5.74, 6) is -0.449. The Hall–Kier alpha value is -1.02. The highest BCUT2D eigenvalue weighted by Gasteiger charge is 2.28. The summed E-state index contributed by atoms with van der Waals surface area (Å²) in [5, 5.41) is 3.29. The predicted octanol–water partition coefficient (Wildman–Crippen LogP) is 1.21. The number of rotatable bonds is 7. The summed E-state index contributed by atoms with van der Waals surface area (Å²) in [6.07, 6.45) is 2.02. The first-order chi connectivity index (χ1) is 10.0. The number of methoxy groups -OCH3 is 1. The molecular weight excluding hydrogens is 295 g/mol. The molecule has 5 nitrogen and oxygen atoms in total. The van der Waals surface area contributed by atoms with E-state index in [-0.39, 0.29) is 17.5 Å². The Morgan fingerprint density at radius 2 is 2.10 bits per heavy atom. The molecule has 1 N–H and O–H groups in total. The molecule has 1 heterocycles. The molecule has 1 aliphatic heterocycles. The summed E-state index contributed by atoms with van der Waals surface area (Å²) in [6, 6.07) is 5.08. The highest BCUT2D eigenvalue weighted by molar-refractivity contribution is 7.89. The Bertz CT molecular complexity index is 542. The normalized spacial score (nSPS) is 19.3. The van der Waals surface area contributed by atoms with Crippen molar-refractivity contribution in [2.24, 2.45) is 0 Å². The lowest BCUT2D eigenvalue weighted by molar-refractivity contribution is 0.176. The van der Waals surface area contributed by atoms with Crippen LogP contribution >= 0.6 is 0 Å². The van der Waals surface area contributed by atoms with E-state index in [1.165, 1.54) is 23.5 Å². The zero-order valence-electron chi connectivity index (χ0n) is 12.1. The molecule has 0 radical (unpaired) electrons. The van der Waals surface area contributed by atoms with Crippen LogP contribution in [0.4, 0.5) is 4.39 Å². The van der Waals surface area contributed by atoms with Crippen molar-refractivity contribution in [1.29, 1.82) is 0 Å². The van der Waals surface area contributed by atoms with E-state index in [1.54, 1.807) is 0 Å². The summed E-state index contributed by atoms with van der Waals surface area (Å²) in [4.78, 5) is 0.109. The molecule has 0 aliphatic carbocycles. The molecule has 2 rings (SSSR count). The van der Waals surface area contributed by atoms with Gasteiger partial charge in [-0.3, -0.25) is 0 Å². The van der Waals surface area contributed by atoms with E-state index in [4.69, 9.17) is 4.74 Å². The molecule has 0 amide bonds. The summed E-state index contributed by atoms with van der Waals surface area (Å²) < 4.78 is 44.7. The fraction of sp³-hybridized carbons (Fsp3) is 0.571. The van der Waals surface area contributed by atoms with Gasteiger partial charge in [-0.15, -0.1) is 0 Å². The molecule has 21 heavy (non-hydrogen) atoms. The van der Waals surface area contributed by atoms with Crippen LogP contribution in [0, 0.1) is 5.82 Å². The molecule has 1 unspecified atom stereocenters. The number of hydrogen-bond acceptors (Lipinski definition) is 4. The lowest BCUT2D eigenvalue weighted by Gasteiger charge is -2.25. The highest BCUT2D eigenvalue weighted by Crippen LogP contribution is 2.18. The zero-order chi connectivity index (χ0) is 15.3. The summed E-state index contributed by atoms with van der Waals surface area (Å²) >= 11 is 0. The van der Waals surface area contributed by atoms with E-state index in [0.717, 1.165) is 31.5 Å². The zero-order valence-corrected chi connectivity index (χ0v) is 12.9. The third kappa shape index (κ3) is 4.23. The van der Waals surface area contributed by atoms with E-state index in [2.05, 4.69) is 5.32 Å². The largest absolute Gasteiger partial charge is 0.383 e. The number of sulfonamides is 1. The quantitative estimate of drug-likeness (QED) is 0.821. The molecule has 7 heteroatoms. The maximum absolute atomic E-state index is 13.0. The summed E-state index contributed by atoms with van der Waals surface area (Å²) in [6.45, 7) is 1.93. The van der Waals surface area contributed by atoms with Gasteiger partial charge in [0, 0.05) is 26.2 Å². The van der Waals surface area contributed by atoms with Gasteiger partial charge in [0.25, 0.3) is 0 Å². The number of benzene rings is 1.